The number of hydrogen-bond acceptors (Lipinski definition) is 9. The number of aromatic nitrogens is 7. The highest BCUT2D eigenvalue weighted by atomic mass is 19.1. The molecule has 0 saturated carbocycles. The molecule has 0 radical (unpaired) electrons. The maximum absolute atomic E-state index is 14.7. The Labute approximate surface area is 218 Å². The van der Waals surface area contributed by atoms with Gasteiger partial charge in [-0.05, 0) is 23.4 Å². The number of benzene rings is 2. The molecule has 2 aromatic carbocycles. The van der Waals surface area contributed by atoms with Gasteiger partial charge in [0, 0.05) is 50.8 Å². The first-order chi connectivity index (χ1) is 18.4. The number of tetrazole rings is 1. The van der Waals surface area contributed by atoms with Gasteiger partial charge in [-0.1, -0.05) is 18.2 Å². The summed E-state index contributed by atoms with van der Waals surface area (Å²) in [6.07, 6.45) is 3.28. The number of ether oxygens (including phenoxy) is 1. The van der Waals surface area contributed by atoms with Crippen molar-refractivity contribution in [1.82, 2.24) is 39.9 Å². The number of rotatable bonds is 10. The van der Waals surface area contributed by atoms with E-state index in [1.54, 1.807) is 7.11 Å². The lowest BCUT2D eigenvalue weighted by Gasteiger charge is -2.36. The van der Waals surface area contributed by atoms with E-state index < -0.39 is 17.2 Å². The van der Waals surface area contributed by atoms with Crippen LogP contribution in [-0.4, -0.2) is 84.8 Å². The van der Waals surface area contributed by atoms with Crippen molar-refractivity contribution in [1.29, 1.82) is 0 Å². The first-order valence-electron chi connectivity index (χ1n) is 12.3. The van der Waals surface area contributed by atoms with E-state index in [4.69, 9.17) is 4.74 Å². The Bertz CT molecular complexity index is 1340. The van der Waals surface area contributed by atoms with Crippen LogP contribution >= 0.6 is 0 Å². The van der Waals surface area contributed by atoms with Crippen LogP contribution in [0.3, 0.4) is 0 Å². The molecule has 4 aromatic rings. The van der Waals surface area contributed by atoms with E-state index in [2.05, 4.69) is 41.4 Å². The molecule has 0 bridgehead atoms. The molecule has 11 nitrogen and oxygen atoms in total. The fourth-order valence-electron chi connectivity index (χ4n) is 4.71. The van der Waals surface area contributed by atoms with E-state index >= 15 is 0 Å². The smallest absolute Gasteiger partial charge is 0.176 e. The summed E-state index contributed by atoms with van der Waals surface area (Å²) < 4.78 is 35.0. The fourth-order valence-corrected chi connectivity index (χ4v) is 4.71. The number of aliphatic hydroxyl groups is 1. The monoisotopic (exact) mass is 525 g/mol. The van der Waals surface area contributed by atoms with Crippen LogP contribution in [0.2, 0.25) is 0 Å². The lowest BCUT2D eigenvalue weighted by molar-refractivity contribution is -0.0125. The molecule has 1 fully saturated rings. The highest BCUT2D eigenvalue weighted by Gasteiger charge is 2.35. The van der Waals surface area contributed by atoms with E-state index in [1.807, 2.05) is 18.2 Å². The van der Waals surface area contributed by atoms with Crippen LogP contribution < -0.4 is 9.64 Å². The second-order valence-electron chi connectivity index (χ2n) is 9.24. The zero-order valence-corrected chi connectivity index (χ0v) is 21.0. The number of para-hydroxylation sites is 2. The Hall–Kier alpha value is -3.97. The summed E-state index contributed by atoms with van der Waals surface area (Å²) in [5, 5.41) is 28.1. The molecule has 5 rings (SSSR count). The van der Waals surface area contributed by atoms with Crippen molar-refractivity contribution < 1.29 is 18.6 Å². The highest BCUT2D eigenvalue weighted by molar-refractivity contribution is 5.58. The summed E-state index contributed by atoms with van der Waals surface area (Å²) in [4.78, 5) is 9.75. The van der Waals surface area contributed by atoms with Gasteiger partial charge in [0.1, 0.15) is 35.6 Å². The van der Waals surface area contributed by atoms with Crippen molar-refractivity contribution in [3.63, 3.8) is 0 Å². The quantitative estimate of drug-likeness (QED) is 0.329. The van der Waals surface area contributed by atoms with Gasteiger partial charge in [0.25, 0.3) is 0 Å². The molecule has 3 heterocycles. The normalized spacial score (nSPS) is 15.9. The third kappa shape index (κ3) is 5.78. The van der Waals surface area contributed by atoms with Crippen molar-refractivity contribution in [3.8, 4) is 5.75 Å². The van der Waals surface area contributed by atoms with E-state index in [-0.39, 0.29) is 18.7 Å². The SMILES string of the molecule is COc1ccccc1N1CCN(CCc2nnn(CC(O)(Cn3cncn3)c3ccc(F)cc3F)n2)CC1. The van der Waals surface area contributed by atoms with Gasteiger partial charge in [0.2, 0.25) is 0 Å². The Morgan fingerprint density at radius 1 is 1.05 bits per heavy atom. The number of halogens is 2. The minimum absolute atomic E-state index is 0.0961. The minimum atomic E-state index is -1.82. The van der Waals surface area contributed by atoms with Gasteiger partial charge in [-0.2, -0.15) is 9.90 Å². The molecule has 200 valence electrons. The second kappa shape index (κ2) is 11.2. The first kappa shape index (κ1) is 25.7. The number of hydrogen-bond donors (Lipinski definition) is 1. The molecular formula is C25H29F2N9O2. The lowest BCUT2D eigenvalue weighted by Crippen LogP contribution is -2.47. The van der Waals surface area contributed by atoms with Crippen LogP contribution in [0, 0.1) is 11.6 Å². The van der Waals surface area contributed by atoms with Crippen LogP contribution in [0.1, 0.15) is 11.4 Å². The first-order valence-corrected chi connectivity index (χ1v) is 12.3. The Morgan fingerprint density at radius 2 is 1.87 bits per heavy atom. The molecule has 13 heteroatoms. The standard InChI is InChI=1S/C25H29F2N9O2/c1-38-23-5-3-2-4-22(23)34-12-10-33(11-13-34)9-8-24-30-32-36(31-24)16-25(37,15-35-18-28-17-29-35)20-7-6-19(26)14-21(20)27/h2-7,14,17-18,37H,8-13,15-16H2,1H3. The van der Waals surface area contributed by atoms with E-state index in [0.717, 1.165) is 56.3 Å². The van der Waals surface area contributed by atoms with E-state index in [9.17, 15) is 13.9 Å². The van der Waals surface area contributed by atoms with Crippen molar-refractivity contribution in [2.24, 2.45) is 0 Å². The number of piperazine rings is 1. The predicted molar refractivity (Wildman–Crippen MR) is 133 cm³/mol. The molecule has 1 saturated heterocycles. The molecule has 0 amide bonds. The average Bonchev–Trinajstić information content (AvgIpc) is 3.59. The van der Waals surface area contributed by atoms with Crippen LogP contribution in [0.4, 0.5) is 14.5 Å². The summed E-state index contributed by atoms with van der Waals surface area (Å²) >= 11 is 0. The van der Waals surface area contributed by atoms with Crippen molar-refractivity contribution in [3.05, 3.63) is 78.1 Å². The summed E-state index contributed by atoms with van der Waals surface area (Å²) in [7, 11) is 1.68. The molecule has 1 unspecified atom stereocenters. The zero-order chi connectivity index (χ0) is 26.5. The topological polar surface area (TPSA) is 110 Å². The molecule has 1 aliphatic heterocycles. The summed E-state index contributed by atoms with van der Waals surface area (Å²) in [5.74, 6) is -0.231. The molecule has 0 spiro atoms. The lowest BCUT2D eigenvalue weighted by atomic mass is 9.93. The molecular weight excluding hydrogens is 496 g/mol. The molecule has 1 aliphatic rings. The number of methoxy groups -OCH3 is 1. The fraction of sp³-hybridized carbons (Fsp3) is 0.400. The zero-order valence-electron chi connectivity index (χ0n) is 21.0. The third-order valence-electron chi connectivity index (χ3n) is 6.67. The maximum Gasteiger partial charge on any atom is 0.176 e. The van der Waals surface area contributed by atoms with Crippen molar-refractivity contribution in [2.75, 3.05) is 44.7 Å². The van der Waals surface area contributed by atoms with E-state index in [1.165, 1.54) is 28.2 Å². The Balaban J connectivity index is 1.21. The molecule has 1 atom stereocenters. The maximum atomic E-state index is 14.7. The van der Waals surface area contributed by atoms with Gasteiger partial charge in [0.05, 0.1) is 25.9 Å². The summed E-state index contributed by atoms with van der Waals surface area (Å²) in [6.45, 7) is 3.92. The van der Waals surface area contributed by atoms with Gasteiger partial charge in [0.15, 0.2) is 5.82 Å². The third-order valence-corrected chi connectivity index (χ3v) is 6.67. The van der Waals surface area contributed by atoms with Crippen molar-refractivity contribution >= 4 is 5.69 Å². The van der Waals surface area contributed by atoms with Crippen LogP contribution in [0.5, 0.6) is 5.75 Å². The van der Waals surface area contributed by atoms with Crippen LogP contribution in [-0.2, 0) is 25.1 Å². The average molecular weight is 526 g/mol. The molecule has 2 aromatic heterocycles. The van der Waals surface area contributed by atoms with Gasteiger partial charge in [-0.3, -0.25) is 4.90 Å². The van der Waals surface area contributed by atoms with Crippen LogP contribution in [0.15, 0.2) is 55.1 Å². The predicted octanol–water partition coefficient (Wildman–Crippen LogP) is 1.50. The number of nitrogens with zero attached hydrogens (tertiary/aromatic N) is 9. The number of anilines is 1. The Morgan fingerprint density at radius 3 is 2.61 bits per heavy atom. The van der Waals surface area contributed by atoms with Gasteiger partial charge in [-0.15, -0.1) is 10.2 Å². The largest absolute Gasteiger partial charge is 0.495 e. The molecule has 38 heavy (non-hydrogen) atoms. The van der Waals surface area contributed by atoms with E-state index in [0.29, 0.717) is 12.2 Å². The summed E-state index contributed by atoms with van der Waals surface area (Å²) in [6, 6.07) is 11.0. The highest BCUT2D eigenvalue weighted by Crippen LogP contribution is 2.29. The van der Waals surface area contributed by atoms with Crippen molar-refractivity contribution in [2.45, 2.75) is 25.1 Å². The summed E-state index contributed by atoms with van der Waals surface area (Å²) in [5.41, 5.74) is -0.824. The van der Waals surface area contributed by atoms with Gasteiger partial charge < -0.3 is 14.7 Å². The second-order valence-corrected chi connectivity index (χ2v) is 9.24. The molecule has 1 N–H and O–H groups in total. The van der Waals surface area contributed by atoms with Gasteiger partial charge in [-0.25, -0.2) is 18.4 Å². The Kier molecular flexibility index (Phi) is 7.56. The van der Waals surface area contributed by atoms with Gasteiger partial charge >= 0.3 is 0 Å². The minimum Gasteiger partial charge on any atom is -0.495 e. The van der Waals surface area contributed by atoms with Crippen LogP contribution in [0.25, 0.3) is 0 Å². The molecule has 0 aliphatic carbocycles.